The molecular weight excluding hydrogens is 392 g/mol. The Bertz CT molecular complexity index is 924. The van der Waals surface area contributed by atoms with Gasteiger partial charge >= 0.3 is 11.9 Å². The van der Waals surface area contributed by atoms with Crippen LogP contribution in [0.4, 0.5) is 5.69 Å². The Morgan fingerprint density at radius 1 is 1.10 bits per heavy atom. The van der Waals surface area contributed by atoms with Crippen molar-refractivity contribution in [2.75, 3.05) is 25.6 Å². The molecule has 0 fully saturated rings. The number of nitrogens with one attached hydrogen (secondary N) is 1. The van der Waals surface area contributed by atoms with E-state index in [2.05, 4.69) is 15.6 Å². The van der Waals surface area contributed by atoms with Crippen molar-refractivity contribution < 1.29 is 28.6 Å². The van der Waals surface area contributed by atoms with Gasteiger partial charge in [-0.25, -0.2) is 14.3 Å². The molecule has 1 aromatic carbocycles. The van der Waals surface area contributed by atoms with Gasteiger partial charge in [-0.1, -0.05) is 18.2 Å². The zero-order valence-electron chi connectivity index (χ0n) is 17.7. The highest BCUT2D eigenvalue weighted by molar-refractivity contribution is 6.01. The molecular formula is C20H26N4O6. The Hall–Kier alpha value is -3.43. The van der Waals surface area contributed by atoms with E-state index in [1.807, 2.05) is 13.0 Å². The summed E-state index contributed by atoms with van der Waals surface area (Å²) in [5.74, 6) is -1.60. The minimum absolute atomic E-state index is 0.0791. The van der Waals surface area contributed by atoms with E-state index in [9.17, 15) is 14.4 Å². The fraction of sp³-hybridized carbons (Fsp3) is 0.450. The average molecular weight is 418 g/mol. The number of nitrogens with zero attached hydrogens (tertiary/aromatic N) is 3. The number of anilines is 1. The summed E-state index contributed by atoms with van der Waals surface area (Å²) in [5.41, 5.74) is 0.879. The fourth-order valence-electron chi connectivity index (χ4n) is 2.84. The number of hydrogen-bond donors (Lipinski definition) is 1. The van der Waals surface area contributed by atoms with Crippen LogP contribution in [-0.4, -0.2) is 53.2 Å². The van der Waals surface area contributed by atoms with Crippen LogP contribution in [-0.2, 0) is 14.3 Å². The third kappa shape index (κ3) is 4.94. The molecule has 162 valence electrons. The molecule has 1 amide bonds. The summed E-state index contributed by atoms with van der Waals surface area (Å²) in [4.78, 5) is 37.8. The monoisotopic (exact) mass is 418 g/mol. The molecule has 10 heteroatoms. The molecule has 2 rings (SSSR count). The van der Waals surface area contributed by atoms with Gasteiger partial charge in [-0.2, -0.15) is 0 Å². The molecule has 2 aromatic rings. The van der Waals surface area contributed by atoms with Crippen molar-refractivity contribution >= 4 is 23.5 Å². The molecule has 30 heavy (non-hydrogen) atoms. The van der Waals surface area contributed by atoms with Crippen molar-refractivity contribution in [2.45, 2.75) is 40.2 Å². The summed E-state index contributed by atoms with van der Waals surface area (Å²) < 4.78 is 16.4. The van der Waals surface area contributed by atoms with Gasteiger partial charge in [0.15, 0.2) is 5.69 Å². The smallest absolute Gasteiger partial charge is 0.361 e. The molecule has 1 heterocycles. The van der Waals surface area contributed by atoms with Gasteiger partial charge in [0.05, 0.1) is 26.0 Å². The van der Waals surface area contributed by atoms with E-state index in [0.29, 0.717) is 11.4 Å². The lowest BCUT2D eigenvalue weighted by atomic mass is 10.1. The molecule has 10 nitrogen and oxygen atoms in total. The quantitative estimate of drug-likeness (QED) is 0.617. The van der Waals surface area contributed by atoms with Gasteiger partial charge in [0, 0.05) is 0 Å². The first-order chi connectivity index (χ1) is 14.4. The highest BCUT2D eigenvalue weighted by Gasteiger charge is 2.33. The first kappa shape index (κ1) is 22.9. The van der Waals surface area contributed by atoms with Crippen LogP contribution in [0.15, 0.2) is 18.2 Å². The second-order valence-electron chi connectivity index (χ2n) is 6.29. The van der Waals surface area contributed by atoms with Gasteiger partial charge in [-0.15, -0.1) is 5.10 Å². The Morgan fingerprint density at radius 2 is 1.77 bits per heavy atom. The van der Waals surface area contributed by atoms with Crippen LogP contribution in [0.5, 0.6) is 5.75 Å². The maximum Gasteiger partial charge on any atom is 0.361 e. The SMILES string of the molecule is CCOC(=O)c1nnn([C@@H](CC)C(=O)Nc2cc(C)ccc2OC)c1C(=O)OCC. The number of benzene rings is 1. The van der Waals surface area contributed by atoms with Crippen molar-refractivity contribution in [3.8, 4) is 5.75 Å². The van der Waals surface area contributed by atoms with Gasteiger partial charge in [0.2, 0.25) is 11.6 Å². The van der Waals surface area contributed by atoms with Gasteiger partial charge in [0.1, 0.15) is 11.8 Å². The summed E-state index contributed by atoms with van der Waals surface area (Å²) >= 11 is 0. The largest absolute Gasteiger partial charge is 0.495 e. The van der Waals surface area contributed by atoms with E-state index >= 15 is 0 Å². The molecule has 1 N–H and O–H groups in total. The predicted octanol–water partition coefficient (Wildman–Crippen LogP) is 2.54. The predicted molar refractivity (Wildman–Crippen MR) is 108 cm³/mol. The Kier molecular flexibility index (Phi) is 7.90. The van der Waals surface area contributed by atoms with Gasteiger partial charge in [-0.05, 0) is 44.9 Å². The number of methoxy groups -OCH3 is 1. The third-order valence-electron chi connectivity index (χ3n) is 4.23. The topological polar surface area (TPSA) is 122 Å². The van der Waals surface area contributed by atoms with E-state index < -0.39 is 23.9 Å². The highest BCUT2D eigenvalue weighted by Crippen LogP contribution is 2.27. The first-order valence-electron chi connectivity index (χ1n) is 9.62. The van der Waals surface area contributed by atoms with Gasteiger partial charge in [-0.3, -0.25) is 4.79 Å². The Labute approximate surface area is 174 Å². The van der Waals surface area contributed by atoms with Crippen LogP contribution < -0.4 is 10.1 Å². The van der Waals surface area contributed by atoms with E-state index in [-0.39, 0.29) is 31.0 Å². The summed E-state index contributed by atoms with van der Waals surface area (Å²) in [6.45, 7) is 7.06. The number of rotatable bonds is 9. The number of hydrogen-bond acceptors (Lipinski definition) is 8. The molecule has 0 bridgehead atoms. The second kappa shape index (κ2) is 10.4. The molecule has 0 saturated heterocycles. The summed E-state index contributed by atoms with van der Waals surface area (Å²) in [7, 11) is 1.50. The maximum absolute atomic E-state index is 13.0. The van der Waals surface area contributed by atoms with Crippen molar-refractivity contribution in [1.29, 1.82) is 0 Å². The number of amides is 1. The molecule has 0 spiro atoms. The zero-order valence-corrected chi connectivity index (χ0v) is 17.7. The van der Waals surface area contributed by atoms with Crippen molar-refractivity contribution in [2.24, 2.45) is 0 Å². The zero-order chi connectivity index (χ0) is 22.3. The molecule has 0 aliphatic rings. The van der Waals surface area contributed by atoms with Crippen molar-refractivity contribution in [3.05, 3.63) is 35.2 Å². The summed E-state index contributed by atoms with van der Waals surface area (Å²) in [6.07, 6.45) is 0.276. The van der Waals surface area contributed by atoms with Crippen LogP contribution in [0.1, 0.15) is 59.8 Å². The molecule has 1 atom stereocenters. The Balaban J connectivity index is 2.44. The number of ether oxygens (including phenoxy) is 3. The van der Waals surface area contributed by atoms with Crippen LogP contribution in [0, 0.1) is 6.92 Å². The van der Waals surface area contributed by atoms with Gasteiger partial charge in [0.25, 0.3) is 0 Å². The van der Waals surface area contributed by atoms with Crippen molar-refractivity contribution in [1.82, 2.24) is 15.0 Å². The number of carbonyl (C=O) groups is 3. The van der Waals surface area contributed by atoms with Gasteiger partial charge < -0.3 is 19.5 Å². The van der Waals surface area contributed by atoms with E-state index in [1.54, 1.807) is 32.9 Å². The standard InChI is InChI=1S/C20H26N4O6/c1-6-14(18(25)21-13-11-12(4)9-10-15(13)28-5)24-17(20(27)30-8-3)16(22-23-24)19(26)29-7-2/h9-11,14H,6-8H2,1-5H3,(H,21,25)/t14-/m0/s1. The maximum atomic E-state index is 13.0. The number of esters is 2. The minimum atomic E-state index is -0.926. The average Bonchev–Trinajstić information content (AvgIpc) is 3.14. The van der Waals surface area contributed by atoms with Crippen LogP contribution in [0.3, 0.4) is 0 Å². The van der Waals surface area contributed by atoms with E-state index in [0.717, 1.165) is 10.2 Å². The van der Waals surface area contributed by atoms with E-state index in [4.69, 9.17) is 14.2 Å². The number of aromatic nitrogens is 3. The minimum Gasteiger partial charge on any atom is -0.495 e. The second-order valence-corrected chi connectivity index (χ2v) is 6.29. The Morgan fingerprint density at radius 3 is 2.37 bits per heavy atom. The van der Waals surface area contributed by atoms with Crippen LogP contribution >= 0.6 is 0 Å². The molecule has 0 radical (unpaired) electrons. The van der Waals surface area contributed by atoms with E-state index in [1.165, 1.54) is 7.11 Å². The molecule has 0 aliphatic heterocycles. The summed E-state index contributed by atoms with van der Waals surface area (Å²) in [6, 6.07) is 4.43. The lowest BCUT2D eigenvalue weighted by Gasteiger charge is -2.18. The fourth-order valence-corrected chi connectivity index (χ4v) is 2.84. The lowest BCUT2D eigenvalue weighted by Crippen LogP contribution is -2.30. The summed E-state index contributed by atoms with van der Waals surface area (Å²) in [5, 5.41) is 10.5. The van der Waals surface area contributed by atoms with Crippen LogP contribution in [0.25, 0.3) is 0 Å². The highest BCUT2D eigenvalue weighted by atomic mass is 16.5. The number of aryl methyl sites for hydroxylation is 1. The molecule has 0 unspecified atom stereocenters. The molecule has 0 aliphatic carbocycles. The molecule has 1 aromatic heterocycles. The van der Waals surface area contributed by atoms with Crippen LogP contribution in [0.2, 0.25) is 0 Å². The van der Waals surface area contributed by atoms with Crippen molar-refractivity contribution in [3.63, 3.8) is 0 Å². The third-order valence-corrected chi connectivity index (χ3v) is 4.23. The molecule has 0 saturated carbocycles. The first-order valence-corrected chi connectivity index (χ1v) is 9.62. The lowest BCUT2D eigenvalue weighted by molar-refractivity contribution is -0.119. The number of carbonyl (C=O) groups excluding carboxylic acids is 3. The normalized spacial score (nSPS) is 11.5.